The SMILES string of the molecule is COC[C@@H]1C(c2ccc(-c3ccc4c(c3)OCO4)cc2)[C@@H]2CN(S(=O)(=O)c3ccccc3C)CCCCN12. The van der Waals surface area contributed by atoms with Crippen LogP contribution in [0.1, 0.15) is 29.9 Å². The van der Waals surface area contributed by atoms with Crippen molar-refractivity contribution in [2.75, 3.05) is 40.1 Å². The van der Waals surface area contributed by atoms with Gasteiger partial charge in [0.05, 0.1) is 11.5 Å². The number of nitrogens with zero attached hydrogens (tertiary/aromatic N) is 2. The van der Waals surface area contributed by atoms with Crippen LogP contribution in [0.3, 0.4) is 0 Å². The number of methoxy groups -OCH3 is 1. The fraction of sp³-hybridized carbons (Fsp3) is 0.400. The van der Waals surface area contributed by atoms with E-state index in [1.54, 1.807) is 23.5 Å². The lowest BCUT2D eigenvalue weighted by atomic mass is 9.74. The van der Waals surface area contributed by atoms with E-state index in [2.05, 4.69) is 29.2 Å². The lowest BCUT2D eigenvalue weighted by Gasteiger charge is -2.57. The van der Waals surface area contributed by atoms with Crippen LogP contribution in [0, 0.1) is 6.92 Å². The molecular weight excluding hydrogens is 500 g/mol. The molecule has 3 aromatic rings. The van der Waals surface area contributed by atoms with Crippen molar-refractivity contribution in [3.05, 3.63) is 77.9 Å². The molecule has 1 unspecified atom stereocenters. The molecule has 8 heteroatoms. The van der Waals surface area contributed by atoms with Crippen LogP contribution < -0.4 is 9.47 Å². The Kier molecular flexibility index (Phi) is 6.90. The van der Waals surface area contributed by atoms with E-state index in [0.29, 0.717) is 24.6 Å². The highest BCUT2D eigenvalue weighted by molar-refractivity contribution is 7.89. The van der Waals surface area contributed by atoms with Crippen molar-refractivity contribution in [2.24, 2.45) is 0 Å². The summed E-state index contributed by atoms with van der Waals surface area (Å²) >= 11 is 0. The fourth-order valence-electron chi connectivity index (χ4n) is 6.24. The molecule has 6 rings (SSSR count). The molecule has 3 aromatic carbocycles. The van der Waals surface area contributed by atoms with Gasteiger partial charge in [0.25, 0.3) is 0 Å². The lowest BCUT2D eigenvalue weighted by Crippen LogP contribution is -2.68. The number of hydrogen-bond acceptors (Lipinski definition) is 6. The molecule has 2 fully saturated rings. The van der Waals surface area contributed by atoms with Gasteiger partial charge in [-0.15, -0.1) is 0 Å². The topological polar surface area (TPSA) is 68.3 Å². The van der Waals surface area contributed by atoms with E-state index in [1.807, 2.05) is 37.3 Å². The zero-order chi connectivity index (χ0) is 26.3. The smallest absolute Gasteiger partial charge is 0.243 e. The number of fused-ring (bicyclic) bond motifs is 2. The highest BCUT2D eigenvalue weighted by atomic mass is 32.2. The van der Waals surface area contributed by atoms with Crippen molar-refractivity contribution in [3.8, 4) is 22.6 Å². The molecule has 0 spiro atoms. The quantitative estimate of drug-likeness (QED) is 0.458. The summed E-state index contributed by atoms with van der Waals surface area (Å²) in [5.74, 6) is 1.73. The normalized spacial score (nSPS) is 23.8. The van der Waals surface area contributed by atoms with Gasteiger partial charge in [-0.3, -0.25) is 4.90 Å². The van der Waals surface area contributed by atoms with Gasteiger partial charge < -0.3 is 14.2 Å². The van der Waals surface area contributed by atoms with Crippen molar-refractivity contribution >= 4 is 10.0 Å². The Labute approximate surface area is 225 Å². The molecule has 7 nitrogen and oxygen atoms in total. The monoisotopic (exact) mass is 534 g/mol. The molecule has 3 atom stereocenters. The molecular formula is C30H34N2O5S. The van der Waals surface area contributed by atoms with Crippen LogP contribution in [0.25, 0.3) is 11.1 Å². The Hall–Kier alpha value is -2.91. The number of benzene rings is 3. The Bertz CT molecular complexity index is 1410. The highest BCUT2D eigenvalue weighted by Crippen LogP contribution is 2.44. The first-order valence-corrected chi connectivity index (χ1v) is 14.7. The molecule has 0 amide bonds. The molecule has 3 aliphatic rings. The van der Waals surface area contributed by atoms with E-state index in [4.69, 9.17) is 14.2 Å². The first kappa shape index (κ1) is 25.4. The van der Waals surface area contributed by atoms with Gasteiger partial charge in [0.2, 0.25) is 16.8 Å². The predicted octanol–water partition coefficient (Wildman–Crippen LogP) is 4.66. The molecule has 2 saturated heterocycles. The second-order valence-corrected chi connectivity index (χ2v) is 12.3. The van der Waals surface area contributed by atoms with Gasteiger partial charge in [-0.25, -0.2) is 8.42 Å². The maximum absolute atomic E-state index is 13.7. The standard InChI is InChI=1S/C30H34N2O5S/c1-21-7-3-4-8-29(21)38(33,34)31-15-5-6-16-32-25(18-31)30(26(32)19-35-2)23-11-9-22(10-12-23)24-13-14-27-28(17-24)37-20-36-27/h3-4,7-14,17,25-26,30H,5-6,15-16,18-20H2,1-2H3/t25-,26+,30?/m0/s1. The zero-order valence-corrected chi connectivity index (χ0v) is 22.7. The minimum absolute atomic E-state index is 0.102. The highest BCUT2D eigenvalue weighted by Gasteiger charge is 2.50. The van der Waals surface area contributed by atoms with E-state index in [0.717, 1.165) is 47.6 Å². The molecule has 3 aliphatic heterocycles. The second-order valence-electron chi connectivity index (χ2n) is 10.4. The minimum atomic E-state index is -3.58. The molecule has 38 heavy (non-hydrogen) atoms. The summed E-state index contributed by atoms with van der Waals surface area (Å²) in [5, 5.41) is 0. The largest absolute Gasteiger partial charge is 0.454 e. The Balaban J connectivity index is 1.28. The van der Waals surface area contributed by atoms with Crippen LogP contribution in [0.4, 0.5) is 0 Å². The van der Waals surface area contributed by atoms with Crippen LogP contribution in [-0.2, 0) is 14.8 Å². The first-order valence-electron chi connectivity index (χ1n) is 13.3. The van der Waals surface area contributed by atoms with Crippen molar-refractivity contribution in [1.29, 1.82) is 0 Å². The number of aryl methyl sites for hydroxylation is 1. The van der Waals surface area contributed by atoms with E-state index in [9.17, 15) is 8.42 Å². The van der Waals surface area contributed by atoms with Gasteiger partial charge in [-0.05, 0) is 66.8 Å². The summed E-state index contributed by atoms with van der Waals surface area (Å²) in [6.45, 7) is 4.73. The molecule has 0 radical (unpaired) electrons. The molecule has 3 heterocycles. The number of ether oxygens (including phenoxy) is 3. The van der Waals surface area contributed by atoms with Crippen molar-refractivity contribution in [3.63, 3.8) is 0 Å². The van der Waals surface area contributed by atoms with Gasteiger partial charge >= 0.3 is 0 Å². The van der Waals surface area contributed by atoms with Gasteiger partial charge in [-0.2, -0.15) is 4.31 Å². The Morgan fingerprint density at radius 2 is 1.66 bits per heavy atom. The van der Waals surface area contributed by atoms with Gasteiger partial charge in [-0.1, -0.05) is 48.5 Å². The Morgan fingerprint density at radius 1 is 0.921 bits per heavy atom. The molecule has 0 aromatic heterocycles. The molecule has 0 aliphatic carbocycles. The van der Waals surface area contributed by atoms with Crippen molar-refractivity contribution in [2.45, 2.75) is 42.7 Å². The number of hydrogen-bond donors (Lipinski definition) is 0. The summed E-state index contributed by atoms with van der Waals surface area (Å²) in [6, 6.07) is 22.3. The van der Waals surface area contributed by atoms with E-state index < -0.39 is 10.0 Å². The molecule has 0 N–H and O–H groups in total. The van der Waals surface area contributed by atoms with Gasteiger partial charge in [0, 0.05) is 38.2 Å². The van der Waals surface area contributed by atoms with E-state index >= 15 is 0 Å². The van der Waals surface area contributed by atoms with E-state index in [-0.39, 0.29) is 24.8 Å². The van der Waals surface area contributed by atoms with Crippen LogP contribution in [0.15, 0.2) is 71.6 Å². The fourth-order valence-corrected chi connectivity index (χ4v) is 7.96. The van der Waals surface area contributed by atoms with Gasteiger partial charge in [0.1, 0.15) is 0 Å². The minimum Gasteiger partial charge on any atom is -0.454 e. The lowest BCUT2D eigenvalue weighted by molar-refractivity contribution is -0.0635. The predicted molar refractivity (Wildman–Crippen MR) is 146 cm³/mol. The average Bonchev–Trinajstić information content (AvgIpc) is 3.38. The van der Waals surface area contributed by atoms with Crippen molar-refractivity contribution in [1.82, 2.24) is 9.21 Å². The maximum atomic E-state index is 13.7. The molecule has 0 bridgehead atoms. The van der Waals surface area contributed by atoms with Crippen LogP contribution in [0.5, 0.6) is 11.5 Å². The van der Waals surface area contributed by atoms with Crippen LogP contribution in [0.2, 0.25) is 0 Å². The third-order valence-corrected chi connectivity index (χ3v) is 10.2. The summed E-state index contributed by atoms with van der Waals surface area (Å²) < 4.78 is 45.8. The average molecular weight is 535 g/mol. The summed E-state index contributed by atoms with van der Waals surface area (Å²) in [7, 11) is -1.84. The molecule has 200 valence electrons. The zero-order valence-electron chi connectivity index (χ0n) is 21.9. The van der Waals surface area contributed by atoms with Gasteiger partial charge in [0.15, 0.2) is 11.5 Å². The van der Waals surface area contributed by atoms with Crippen LogP contribution in [-0.4, -0.2) is 69.9 Å². The third kappa shape index (κ3) is 4.49. The summed E-state index contributed by atoms with van der Waals surface area (Å²) in [6.07, 6.45) is 1.81. The second kappa shape index (κ2) is 10.3. The Morgan fingerprint density at radius 3 is 2.45 bits per heavy atom. The third-order valence-electron chi connectivity index (χ3n) is 8.20. The van der Waals surface area contributed by atoms with Crippen molar-refractivity contribution < 1.29 is 22.6 Å². The first-order chi connectivity index (χ1) is 18.5. The number of rotatable bonds is 6. The number of sulfonamides is 1. The molecule has 0 saturated carbocycles. The summed E-state index contributed by atoms with van der Waals surface area (Å²) in [4.78, 5) is 2.86. The maximum Gasteiger partial charge on any atom is 0.243 e. The van der Waals surface area contributed by atoms with E-state index in [1.165, 1.54) is 5.56 Å². The van der Waals surface area contributed by atoms with Crippen LogP contribution >= 0.6 is 0 Å². The summed E-state index contributed by atoms with van der Waals surface area (Å²) in [5.41, 5.74) is 4.18.